The van der Waals surface area contributed by atoms with Crippen LogP contribution in [0.15, 0.2) is 133 Å². The molecule has 1 N–H and O–H groups in total. The Morgan fingerprint density at radius 3 is 1.76 bits per heavy atom. The zero-order valence-corrected chi connectivity index (χ0v) is 18.2. The lowest BCUT2D eigenvalue weighted by atomic mass is 9.90. The molecule has 0 unspecified atom stereocenters. The number of fused-ring (bicyclic) bond motifs is 2. The predicted molar refractivity (Wildman–Crippen MR) is 142 cm³/mol. The zero-order chi connectivity index (χ0) is 22.0. The maximum Gasteiger partial charge on any atom is 0.0384 e. The molecule has 0 saturated carbocycles. The van der Waals surface area contributed by atoms with Crippen LogP contribution in [-0.4, -0.2) is 0 Å². The number of nitrogens with one attached hydrogen (secondary N) is 1. The van der Waals surface area contributed by atoms with Gasteiger partial charge in [-0.3, -0.25) is 0 Å². The molecule has 0 saturated heterocycles. The van der Waals surface area contributed by atoms with Crippen molar-refractivity contribution in [2.75, 3.05) is 5.32 Å². The average molecular weight is 422 g/mol. The Hall–Kier alpha value is -4.36. The largest absolute Gasteiger partial charge is 0.356 e. The molecule has 1 heteroatoms. The maximum atomic E-state index is 3.47. The van der Waals surface area contributed by atoms with Crippen molar-refractivity contribution in [3.8, 4) is 22.3 Å². The van der Waals surface area contributed by atoms with Gasteiger partial charge in [0.05, 0.1) is 0 Å². The first-order valence-corrected chi connectivity index (χ1v) is 11.3. The SMILES string of the molecule is c1ccc(Nc2ccc(-c3cc(-c4cccc5ccccc45)c4ccccc4c3)cc2)cc1. The highest BCUT2D eigenvalue weighted by Crippen LogP contribution is 2.37. The van der Waals surface area contributed by atoms with Crippen molar-refractivity contribution in [1.82, 2.24) is 0 Å². The summed E-state index contributed by atoms with van der Waals surface area (Å²) in [7, 11) is 0. The van der Waals surface area contributed by atoms with E-state index >= 15 is 0 Å². The van der Waals surface area contributed by atoms with Gasteiger partial charge in [-0.15, -0.1) is 0 Å². The van der Waals surface area contributed by atoms with Crippen molar-refractivity contribution in [2.24, 2.45) is 0 Å². The highest BCUT2D eigenvalue weighted by atomic mass is 14.9. The molecule has 0 spiro atoms. The van der Waals surface area contributed by atoms with Gasteiger partial charge in [-0.1, -0.05) is 97.1 Å². The van der Waals surface area contributed by atoms with Gasteiger partial charge >= 0.3 is 0 Å². The zero-order valence-electron chi connectivity index (χ0n) is 18.2. The van der Waals surface area contributed by atoms with Crippen LogP contribution >= 0.6 is 0 Å². The van der Waals surface area contributed by atoms with Crippen molar-refractivity contribution < 1.29 is 0 Å². The summed E-state index contributed by atoms with van der Waals surface area (Å²) in [6.07, 6.45) is 0. The Morgan fingerprint density at radius 2 is 0.970 bits per heavy atom. The van der Waals surface area contributed by atoms with Gasteiger partial charge in [0, 0.05) is 11.4 Å². The lowest BCUT2D eigenvalue weighted by Crippen LogP contribution is -1.90. The molecule has 156 valence electrons. The van der Waals surface area contributed by atoms with Crippen molar-refractivity contribution in [2.45, 2.75) is 0 Å². The fourth-order valence-corrected chi connectivity index (χ4v) is 4.59. The third-order valence-corrected chi connectivity index (χ3v) is 6.22. The second-order valence-electron chi connectivity index (χ2n) is 8.34. The minimum atomic E-state index is 1.08. The van der Waals surface area contributed by atoms with E-state index < -0.39 is 0 Å². The number of rotatable bonds is 4. The molecule has 0 bridgehead atoms. The van der Waals surface area contributed by atoms with Crippen LogP contribution in [0.1, 0.15) is 0 Å². The van der Waals surface area contributed by atoms with Crippen molar-refractivity contribution in [3.05, 3.63) is 133 Å². The molecule has 0 radical (unpaired) electrons. The summed E-state index contributed by atoms with van der Waals surface area (Å²) < 4.78 is 0. The van der Waals surface area contributed by atoms with Crippen LogP contribution in [0.3, 0.4) is 0 Å². The fraction of sp³-hybridized carbons (Fsp3) is 0. The molecular weight excluding hydrogens is 398 g/mol. The standard InChI is InChI=1S/C32H23N/c1-2-12-27(13-3-1)33-28-19-17-23(18-20-28)26-21-25-10-5-7-15-30(25)32(22-26)31-16-8-11-24-9-4-6-14-29(24)31/h1-22,33H. The molecule has 0 aliphatic heterocycles. The summed E-state index contributed by atoms with van der Waals surface area (Å²) in [5, 5.41) is 8.55. The molecule has 0 heterocycles. The van der Waals surface area contributed by atoms with Crippen LogP contribution in [0.4, 0.5) is 11.4 Å². The summed E-state index contributed by atoms with van der Waals surface area (Å²) in [5.74, 6) is 0. The number of hydrogen-bond donors (Lipinski definition) is 1. The number of hydrogen-bond acceptors (Lipinski definition) is 1. The van der Waals surface area contributed by atoms with Crippen LogP contribution in [0.5, 0.6) is 0 Å². The van der Waals surface area contributed by atoms with E-state index in [1.54, 1.807) is 0 Å². The maximum absolute atomic E-state index is 3.47. The van der Waals surface area contributed by atoms with Crippen LogP contribution in [0.2, 0.25) is 0 Å². The lowest BCUT2D eigenvalue weighted by Gasteiger charge is -2.14. The molecule has 0 aliphatic carbocycles. The molecule has 6 aromatic carbocycles. The molecule has 0 aromatic heterocycles. The monoisotopic (exact) mass is 421 g/mol. The summed E-state index contributed by atoms with van der Waals surface area (Å²) >= 11 is 0. The molecule has 0 aliphatic rings. The highest BCUT2D eigenvalue weighted by Gasteiger charge is 2.11. The van der Waals surface area contributed by atoms with Crippen molar-refractivity contribution >= 4 is 32.9 Å². The Labute approximate surface area is 194 Å². The van der Waals surface area contributed by atoms with Crippen LogP contribution in [-0.2, 0) is 0 Å². The Morgan fingerprint density at radius 1 is 0.364 bits per heavy atom. The molecule has 0 amide bonds. The van der Waals surface area contributed by atoms with Crippen LogP contribution < -0.4 is 5.32 Å². The van der Waals surface area contributed by atoms with E-state index in [0.29, 0.717) is 0 Å². The van der Waals surface area contributed by atoms with E-state index in [1.165, 1.54) is 43.8 Å². The van der Waals surface area contributed by atoms with E-state index in [-0.39, 0.29) is 0 Å². The van der Waals surface area contributed by atoms with Gasteiger partial charge in [-0.25, -0.2) is 0 Å². The molecule has 0 atom stereocenters. The highest BCUT2D eigenvalue weighted by molar-refractivity contribution is 6.07. The number of para-hydroxylation sites is 1. The summed E-state index contributed by atoms with van der Waals surface area (Å²) in [6, 6.07) is 47.5. The topological polar surface area (TPSA) is 12.0 Å². The Balaban J connectivity index is 1.47. The Kier molecular flexibility index (Phi) is 4.86. The Bertz CT molecular complexity index is 1560. The average Bonchev–Trinajstić information content (AvgIpc) is 2.89. The van der Waals surface area contributed by atoms with Crippen molar-refractivity contribution in [1.29, 1.82) is 0 Å². The summed E-state index contributed by atoms with van der Waals surface area (Å²) in [4.78, 5) is 0. The van der Waals surface area contributed by atoms with Gasteiger partial charge < -0.3 is 5.32 Å². The third kappa shape index (κ3) is 3.75. The summed E-state index contributed by atoms with van der Waals surface area (Å²) in [6.45, 7) is 0. The molecule has 1 nitrogen and oxygen atoms in total. The second kappa shape index (κ2) is 8.29. The normalized spacial score (nSPS) is 11.0. The van der Waals surface area contributed by atoms with Gasteiger partial charge in [0.1, 0.15) is 0 Å². The molecule has 6 aromatic rings. The van der Waals surface area contributed by atoms with E-state index in [2.05, 4.69) is 121 Å². The van der Waals surface area contributed by atoms with Gasteiger partial charge in [0.15, 0.2) is 0 Å². The second-order valence-corrected chi connectivity index (χ2v) is 8.34. The van der Waals surface area contributed by atoms with Gasteiger partial charge in [0.2, 0.25) is 0 Å². The number of anilines is 2. The lowest BCUT2D eigenvalue weighted by molar-refractivity contribution is 1.54. The minimum absolute atomic E-state index is 1.08. The smallest absolute Gasteiger partial charge is 0.0384 e. The first kappa shape index (κ1) is 19.3. The number of benzene rings is 6. The van der Waals surface area contributed by atoms with Gasteiger partial charge in [-0.05, 0) is 80.2 Å². The first-order chi connectivity index (χ1) is 16.3. The van der Waals surface area contributed by atoms with Gasteiger partial charge in [0.25, 0.3) is 0 Å². The minimum Gasteiger partial charge on any atom is -0.356 e. The van der Waals surface area contributed by atoms with Crippen LogP contribution in [0.25, 0.3) is 43.8 Å². The molecule has 0 fully saturated rings. The van der Waals surface area contributed by atoms with E-state index in [1.807, 2.05) is 18.2 Å². The van der Waals surface area contributed by atoms with E-state index in [4.69, 9.17) is 0 Å². The quantitative estimate of drug-likeness (QED) is 0.299. The van der Waals surface area contributed by atoms with Gasteiger partial charge in [-0.2, -0.15) is 0 Å². The van der Waals surface area contributed by atoms with Crippen molar-refractivity contribution in [3.63, 3.8) is 0 Å². The van der Waals surface area contributed by atoms with E-state index in [9.17, 15) is 0 Å². The fourth-order valence-electron chi connectivity index (χ4n) is 4.59. The molecule has 6 rings (SSSR count). The molecular formula is C32H23N. The predicted octanol–water partition coefficient (Wildman–Crippen LogP) is 9.07. The molecule has 33 heavy (non-hydrogen) atoms. The first-order valence-electron chi connectivity index (χ1n) is 11.3. The van der Waals surface area contributed by atoms with Crippen LogP contribution in [0, 0.1) is 0 Å². The van der Waals surface area contributed by atoms with E-state index in [0.717, 1.165) is 11.4 Å². The third-order valence-electron chi connectivity index (χ3n) is 6.22. The summed E-state index contributed by atoms with van der Waals surface area (Å²) in [5.41, 5.74) is 7.15.